The number of fused-ring (bicyclic) bond motifs is 1. The largest absolute Gasteiger partial charge is 0.364 e. The summed E-state index contributed by atoms with van der Waals surface area (Å²) in [5, 5.41) is 3.12. The molecule has 2 heterocycles. The van der Waals surface area contributed by atoms with Gasteiger partial charge in [0, 0.05) is 32.3 Å². The molecule has 0 unspecified atom stereocenters. The van der Waals surface area contributed by atoms with Crippen LogP contribution >= 0.6 is 0 Å². The van der Waals surface area contributed by atoms with Crippen molar-refractivity contribution in [3.05, 3.63) is 52.8 Å². The standard InChI is InChI=1S/C24H32N4O4S/c1-16(19-8-7-17-5-3-4-6-20(17)13-19)26-24(30)18-9-11-28(12-10-18)33(31,32)21-14-22(23(25)29)27(2)15-21/h7-8,13-16,18H,3-6,9-12H2,1-2H3,(H2,25,29)(H,26,30)/t16-/m1/s1. The van der Waals surface area contributed by atoms with Crippen molar-refractivity contribution in [1.29, 1.82) is 0 Å². The van der Waals surface area contributed by atoms with E-state index in [0.29, 0.717) is 12.8 Å². The molecule has 1 aliphatic carbocycles. The van der Waals surface area contributed by atoms with E-state index in [9.17, 15) is 18.0 Å². The van der Waals surface area contributed by atoms with Gasteiger partial charge in [-0.2, -0.15) is 4.31 Å². The first-order valence-electron chi connectivity index (χ1n) is 11.5. The van der Waals surface area contributed by atoms with Crippen LogP contribution in [-0.2, 0) is 34.7 Å². The summed E-state index contributed by atoms with van der Waals surface area (Å²) in [6.45, 7) is 2.51. The van der Waals surface area contributed by atoms with Crippen LogP contribution < -0.4 is 11.1 Å². The fourth-order valence-corrected chi connectivity index (χ4v) is 6.41. The zero-order valence-corrected chi connectivity index (χ0v) is 20.0. The van der Waals surface area contributed by atoms with E-state index >= 15 is 0 Å². The van der Waals surface area contributed by atoms with Gasteiger partial charge in [-0.3, -0.25) is 9.59 Å². The van der Waals surface area contributed by atoms with Gasteiger partial charge in [0.2, 0.25) is 15.9 Å². The lowest BCUT2D eigenvalue weighted by Crippen LogP contribution is -2.43. The molecular formula is C24H32N4O4S. The first kappa shape index (κ1) is 23.5. The maximum absolute atomic E-state index is 13.0. The zero-order valence-electron chi connectivity index (χ0n) is 19.2. The molecule has 8 nitrogen and oxygen atoms in total. The molecule has 0 radical (unpaired) electrons. The van der Waals surface area contributed by atoms with Gasteiger partial charge in [-0.25, -0.2) is 8.42 Å². The summed E-state index contributed by atoms with van der Waals surface area (Å²) in [6, 6.07) is 7.71. The third kappa shape index (κ3) is 4.84. The molecule has 1 saturated heterocycles. The van der Waals surface area contributed by atoms with E-state index in [1.54, 1.807) is 7.05 Å². The number of benzene rings is 1. The quantitative estimate of drug-likeness (QED) is 0.671. The van der Waals surface area contributed by atoms with E-state index in [4.69, 9.17) is 5.73 Å². The second-order valence-corrected chi connectivity index (χ2v) is 11.1. The van der Waals surface area contributed by atoms with Crippen molar-refractivity contribution < 1.29 is 18.0 Å². The number of nitrogens with one attached hydrogen (secondary N) is 1. The van der Waals surface area contributed by atoms with Crippen LogP contribution in [0.1, 0.15) is 65.8 Å². The number of amides is 2. The number of primary amides is 1. The molecule has 9 heteroatoms. The lowest BCUT2D eigenvalue weighted by atomic mass is 9.89. The summed E-state index contributed by atoms with van der Waals surface area (Å²) in [7, 11) is -2.17. The molecule has 0 saturated carbocycles. The minimum Gasteiger partial charge on any atom is -0.364 e. The molecule has 1 fully saturated rings. The Morgan fingerprint density at radius 2 is 1.76 bits per heavy atom. The van der Waals surface area contributed by atoms with Crippen LogP contribution in [0.5, 0.6) is 0 Å². The Hall–Kier alpha value is -2.65. The number of rotatable bonds is 6. The van der Waals surface area contributed by atoms with Crippen LogP contribution in [0, 0.1) is 5.92 Å². The fraction of sp³-hybridized carbons (Fsp3) is 0.500. The Bertz CT molecular complexity index is 1160. The van der Waals surface area contributed by atoms with Crippen molar-refractivity contribution in [2.24, 2.45) is 18.7 Å². The SMILES string of the molecule is C[C@@H](NC(=O)C1CCN(S(=O)(=O)c2cc(C(N)=O)n(C)c2)CC1)c1ccc2c(c1)CCCC2. The molecule has 0 bridgehead atoms. The molecule has 4 rings (SSSR count). The molecular weight excluding hydrogens is 440 g/mol. The summed E-state index contributed by atoms with van der Waals surface area (Å²) < 4.78 is 28.8. The van der Waals surface area contributed by atoms with Crippen molar-refractivity contribution in [3.8, 4) is 0 Å². The molecule has 2 aliphatic rings. The van der Waals surface area contributed by atoms with Crippen molar-refractivity contribution >= 4 is 21.8 Å². The molecule has 178 valence electrons. The third-order valence-corrected chi connectivity index (χ3v) is 8.79. The van der Waals surface area contributed by atoms with Crippen molar-refractivity contribution in [2.75, 3.05) is 13.1 Å². The maximum Gasteiger partial charge on any atom is 0.265 e. The van der Waals surface area contributed by atoms with Crippen LogP contribution in [0.4, 0.5) is 0 Å². The van der Waals surface area contributed by atoms with Crippen LogP contribution in [0.15, 0.2) is 35.4 Å². The molecule has 33 heavy (non-hydrogen) atoms. The number of nitrogens with zero attached hydrogens (tertiary/aromatic N) is 2. The fourth-order valence-electron chi connectivity index (χ4n) is 4.86. The topological polar surface area (TPSA) is 114 Å². The van der Waals surface area contributed by atoms with Crippen molar-refractivity contribution in [3.63, 3.8) is 0 Å². The highest BCUT2D eigenvalue weighted by molar-refractivity contribution is 7.89. The molecule has 1 atom stereocenters. The summed E-state index contributed by atoms with van der Waals surface area (Å²) >= 11 is 0. The lowest BCUT2D eigenvalue weighted by molar-refractivity contribution is -0.126. The highest BCUT2D eigenvalue weighted by atomic mass is 32.2. The molecule has 1 aliphatic heterocycles. The number of aryl methyl sites for hydroxylation is 3. The van der Waals surface area contributed by atoms with Gasteiger partial charge in [0.25, 0.3) is 5.91 Å². The first-order valence-corrected chi connectivity index (χ1v) is 13.0. The van der Waals surface area contributed by atoms with Gasteiger partial charge >= 0.3 is 0 Å². The molecule has 1 aromatic heterocycles. The minimum absolute atomic E-state index is 0.0343. The van der Waals surface area contributed by atoms with Crippen LogP contribution in [0.25, 0.3) is 0 Å². The number of piperidine rings is 1. The van der Waals surface area contributed by atoms with E-state index in [2.05, 4.69) is 23.5 Å². The van der Waals surface area contributed by atoms with Crippen LogP contribution in [-0.4, -0.2) is 42.2 Å². The zero-order chi connectivity index (χ0) is 23.8. The average molecular weight is 473 g/mol. The van der Waals surface area contributed by atoms with E-state index < -0.39 is 15.9 Å². The van der Waals surface area contributed by atoms with Crippen molar-refractivity contribution in [1.82, 2.24) is 14.2 Å². The van der Waals surface area contributed by atoms with E-state index in [0.717, 1.165) is 18.4 Å². The van der Waals surface area contributed by atoms with E-state index in [-0.39, 0.29) is 41.5 Å². The number of carbonyl (C=O) groups is 2. The van der Waals surface area contributed by atoms with Crippen LogP contribution in [0.3, 0.4) is 0 Å². The number of hydrogen-bond donors (Lipinski definition) is 2. The second kappa shape index (κ2) is 9.30. The minimum atomic E-state index is -3.75. The Morgan fingerprint density at radius 3 is 2.39 bits per heavy atom. The number of hydrogen-bond acceptors (Lipinski definition) is 4. The molecule has 2 aromatic rings. The second-order valence-electron chi connectivity index (χ2n) is 9.18. The molecule has 2 amide bonds. The average Bonchev–Trinajstić information content (AvgIpc) is 3.21. The van der Waals surface area contributed by atoms with Gasteiger partial charge in [-0.15, -0.1) is 0 Å². The van der Waals surface area contributed by atoms with Gasteiger partial charge in [0.15, 0.2) is 0 Å². The smallest absolute Gasteiger partial charge is 0.265 e. The van der Waals surface area contributed by atoms with Crippen LogP contribution in [0.2, 0.25) is 0 Å². The first-order chi connectivity index (χ1) is 15.7. The monoisotopic (exact) mass is 472 g/mol. The maximum atomic E-state index is 13.0. The molecule has 0 spiro atoms. The normalized spacial score (nSPS) is 18.5. The highest BCUT2D eigenvalue weighted by Crippen LogP contribution is 2.27. The highest BCUT2D eigenvalue weighted by Gasteiger charge is 2.33. The van der Waals surface area contributed by atoms with Gasteiger partial charge < -0.3 is 15.6 Å². The summed E-state index contributed by atoms with van der Waals surface area (Å²) in [5.41, 5.74) is 9.35. The van der Waals surface area contributed by atoms with Gasteiger partial charge in [0.1, 0.15) is 10.6 Å². The summed E-state index contributed by atoms with van der Waals surface area (Å²) in [5.74, 6) is -0.941. The third-order valence-electron chi connectivity index (χ3n) is 6.93. The van der Waals surface area contributed by atoms with Gasteiger partial charge in [-0.05, 0) is 68.2 Å². The summed E-state index contributed by atoms with van der Waals surface area (Å²) in [4.78, 5) is 24.4. The van der Waals surface area contributed by atoms with Gasteiger partial charge in [-0.1, -0.05) is 18.2 Å². The number of sulfonamides is 1. The summed E-state index contributed by atoms with van der Waals surface area (Å²) in [6.07, 6.45) is 6.99. The predicted octanol–water partition coefficient (Wildman–Crippen LogP) is 2.28. The Balaban J connectivity index is 1.36. The van der Waals surface area contributed by atoms with Crippen molar-refractivity contribution in [2.45, 2.75) is 56.4 Å². The predicted molar refractivity (Wildman–Crippen MR) is 125 cm³/mol. The van der Waals surface area contributed by atoms with E-state index in [1.165, 1.54) is 45.1 Å². The van der Waals surface area contributed by atoms with Gasteiger partial charge in [0.05, 0.1) is 6.04 Å². The molecule has 1 aromatic carbocycles. The molecule has 3 N–H and O–H groups in total. The number of aromatic nitrogens is 1. The van der Waals surface area contributed by atoms with E-state index in [1.807, 2.05) is 6.92 Å². The number of nitrogens with two attached hydrogens (primary N) is 1. The Morgan fingerprint density at radius 1 is 1.09 bits per heavy atom. The number of carbonyl (C=O) groups excluding carboxylic acids is 2. The Kier molecular flexibility index (Phi) is 6.63. The lowest BCUT2D eigenvalue weighted by Gasteiger charge is -2.31. The Labute approximate surface area is 195 Å².